The molecule has 0 aliphatic rings. The van der Waals surface area contributed by atoms with Gasteiger partial charge in [-0.2, -0.15) is 0 Å². The van der Waals surface area contributed by atoms with Gasteiger partial charge in [0.1, 0.15) is 19.3 Å². The molecule has 0 amide bonds. The van der Waals surface area contributed by atoms with Gasteiger partial charge in [-0.25, -0.2) is 9.59 Å². The van der Waals surface area contributed by atoms with Crippen LogP contribution in [0, 0.1) is 0 Å². The van der Waals surface area contributed by atoms with Crippen LogP contribution in [0.5, 0.6) is 0 Å². The molecule has 0 heterocycles. The maximum Gasteiger partial charge on any atom is 0.329 e. The lowest BCUT2D eigenvalue weighted by molar-refractivity contribution is -0.145. The molecule has 0 aromatic carbocycles. The van der Waals surface area contributed by atoms with E-state index >= 15 is 0 Å². The van der Waals surface area contributed by atoms with Crippen LogP contribution >= 0.6 is 0 Å². The first-order valence-corrected chi connectivity index (χ1v) is 3.79. The van der Waals surface area contributed by atoms with E-state index in [1.165, 1.54) is 0 Å². The summed E-state index contributed by atoms with van der Waals surface area (Å²) in [5.41, 5.74) is 0. The van der Waals surface area contributed by atoms with E-state index in [4.69, 9.17) is 15.3 Å². The molecular formula is C7H12O7. The van der Waals surface area contributed by atoms with E-state index in [1.807, 2.05) is 0 Å². The first kappa shape index (κ1) is 12.8. The Balaban J connectivity index is 3.32. The highest BCUT2D eigenvalue weighted by Gasteiger charge is 2.07. The Morgan fingerprint density at radius 3 is 1.64 bits per heavy atom. The number of carboxylic acid groups (broad SMARTS) is 2. The van der Waals surface area contributed by atoms with E-state index in [-0.39, 0.29) is 13.2 Å². The molecule has 0 spiro atoms. The highest BCUT2D eigenvalue weighted by molar-refractivity contribution is 5.68. The van der Waals surface area contributed by atoms with Crippen molar-refractivity contribution in [2.24, 2.45) is 0 Å². The van der Waals surface area contributed by atoms with Crippen molar-refractivity contribution in [3.63, 3.8) is 0 Å². The van der Waals surface area contributed by atoms with Crippen molar-refractivity contribution >= 4 is 11.9 Å². The summed E-state index contributed by atoms with van der Waals surface area (Å²) in [6, 6.07) is 0. The van der Waals surface area contributed by atoms with Crippen molar-refractivity contribution in [1.29, 1.82) is 0 Å². The maximum atomic E-state index is 9.97. The zero-order valence-electron chi connectivity index (χ0n) is 7.38. The molecule has 0 aliphatic carbocycles. The Labute approximate surface area is 79.9 Å². The van der Waals surface area contributed by atoms with Gasteiger partial charge in [0.05, 0.1) is 13.2 Å². The Morgan fingerprint density at radius 2 is 1.36 bits per heavy atom. The monoisotopic (exact) mass is 208 g/mol. The zero-order chi connectivity index (χ0) is 11.0. The van der Waals surface area contributed by atoms with Crippen molar-refractivity contribution in [3.8, 4) is 0 Å². The summed E-state index contributed by atoms with van der Waals surface area (Å²) in [7, 11) is 0. The number of aliphatic hydroxyl groups excluding tert-OH is 1. The van der Waals surface area contributed by atoms with Crippen LogP contribution in [-0.2, 0) is 19.1 Å². The van der Waals surface area contributed by atoms with Crippen LogP contribution in [0.3, 0.4) is 0 Å². The molecule has 3 N–H and O–H groups in total. The number of aliphatic hydroxyl groups is 1. The van der Waals surface area contributed by atoms with Crippen LogP contribution in [-0.4, -0.2) is 59.8 Å². The fourth-order valence-electron chi connectivity index (χ4n) is 0.613. The van der Waals surface area contributed by atoms with Gasteiger partial charge in [-0.05, 0) is 0 Å². The summed E-state index contributed by atoms with van der Waals surface area (Å²) in [6.45, 7) is -1.41. The predicted octanol–water partition coefficient (Wildman–Crippen LogP) is -1.45. The molecule has 0 fully saturated rings. The minimum Gasteiger partial charge on any atom is -0.480 e. The average Bonchev–Trinajstić information content (AvgIpc) is 2.02. The van der Waals surface area contributed by atoms with Gasteiger partial charge < -0.3 is 24.8 Å². The summed E-state index contributed by atoms with van der Waals surface area (Å²) >= 11 is 0. The molecule has 0 rings (SSSR count). The molecule has 0 bridgehead atoms. The van der Waals surface area contributed by atoms with Gasteiger partial charge in [0.2, 0.25) is 0 Å². The molecule has 0 radical (unpaired) electrons. The molecule has 0 aromatic rings. The van der Waals surface area contributed by atoms with Gasteiger partial charge in [0.25, 0.3) is 0 Å². The summed E-state index contributed by atoms with van der Waals surface area (Å²) in [5, 5.41) is 25.4. The number of rotatable bonds is 8. The second kappa shape index (κ2) is 7.25. The third-order valence-corrected chi connectivity index (χ3v) is 1.07. The highest BCUT2D eigenvalue weighted by Crippen LogP contribution is 1.87. The third-order valence-electron chi connectivity index (χ3n) is 1.07. The van der Waals surface area contributed by atoms with Gasteiger partial charge in [0.15, 0.2) is 0 Å². The number of hydrogen-bond acceptors (Lipinski definition) is 5. The molecule has 0 atom stereocenters. The van der Waals surface area contributed by atoms with Gasteiger partial charge in [-0.15, -0.1) is 0 Å². The second-order valence-electron chi connectivity index (χ2n) is 2.47. The fraction of sp³-hybridized carbons (Fsp3) is 0.714. The highest BCUT2D eigenvalue weighted by atomic mass is 16.5. The van der Waals surface area contributed by atoms with E-state index in [9.17, 15) is 9.59 Å². The number of hydrogen-bond donors (Lipinski definition) is 3. The molecule has 14 heavy (non-hydrogen) atoms. The number of carboxylic acids is 2. The topological polar surface area (TPSA) is 113 Å². The normalized spacial score (nSPS) is 10.4. The summed E-state index contributed by atoms with van der Waals surface area (Å²) < 4.78 is 9.07. The minimum atomic E-state index is -1.14. The fourth-order valence-corrected chi connectivity index (χ4v) is 0.613. The molecule has 7 heteroatoms. The number of carbonyl (C=O) groups is 2. The summed E-state index contributed by atoms with van der Waals surface area (Å²) in [4.78, 5) is 19.9. The predicted molar refractivity (Wildman–Crippen MR) is 42.9 cm³/mol. The zero-order valence-corrected chi connectivity index (χ0v) is 7.38. The quantitative estimate of drug-likeness (QED) is 0.447. The molecule has 0 saturated carbocycles. The molecule has 0 unspecified atom stereocenters. The lowest BCUT2D eigenvalue weighted by Gasteiger charge is -2.09. The van der Waals surface area contributed by atoms with Crippen LogP contribution < -0.4 is 0 Å². The number of aliphatic carboxylic acids is 2. The first-order valence-electron chi connectivity index (χ1n) is 3.79. The largest absolute Gasteiger partial charge is 0.480 e. The Bertz CT molecular complexity index is 170. The van der Waals surface area contributed by atoms with Gasteiger partial charge in [-0.1, -0.05) is 0 Å². The van der Waals surface area contributed by atoms with Crippen LogP contribution in [0.4, 0.5) is 0 Å². The van der Waals surface area contributed by atoms with Crippen molar-refractivity contribution in [2.45, 2.75) is 6.10 Å². The van der Waals surface area contributed by atoms with Crippen molar-refractivity contribution in [2.75, 3.05) is 26.4 Å². The van der Waals surface area contributed by atoms with Crippen molar-refractivity contribution in [1.82, 2.24) is 0 Å². The van der Waals surface area contributed by atoms with E-state index in [0.29, 0.717) is 0 Å². The van der Waals surface area contributed by atoms with Crippen LogP contribution in [0.2, 0.25) is 0 Å². The molecule has 82 valence electrons. The molecule has 7 nitrogen and oxygen atoms in total. The lowest BCUT2D eigenvalue weighted by atomic mass is 10.4. The van der Waals surface area contributed by atoms with Crippen molar-refractivity contribution < 1.29 is 34.4 Å². The van der Waals surface area contributed by atoms with Crippen LogP contribution in [0.15, 0.2) is 0 Å². The van der Waals surface area contributed by atoms with E-state index in [2.05, 4.69) is 9.47 Å². The van der Waals surface area contributed by atoms with Crippen LogP contribution in [0.25, 0.3) is 0 Å². The minimum absolute atomic E-state index is 0.202. The Kier molecular flexibility index (Phi) is 6.63. The van der Waals surface area contributed by atoms with Gasteiger partial charge in [-0.3, -0.25) is 0 Å². The molecule has 0 aliphatic heterocycles. The van der Waals surface area contributed by atoms with Gasteiger partial charge >= 0.3 is 11.9 Å². The summed E-state index contributed by atoms with van der Waals surface area (Å²) in [5.74, 6) is -2.27. The van der Waals surface area contributed by atoms with E-state index < -0.39 is 31.3 Å². The molecule has 0 aromatic heterocycles. The molecule has 0 saturated heterocycles. The standard InChI is InChI=1S/C7H12O7/c8-5(1-13-3-6(9)10)2-14-4-7(11)12/h5,8H,1-4H2,(H,9,10)(H,11,12). The smallest absolute Gasteiger partial charge is 0.329 e. The lowest BCUT2D eigenvalue weighted by Crippen LogP contribution is -2.25. The third kappa shape index (κ3) is 8.91. The Hall–Kier alpha value is -1.18. The van der Waals surface area contributed by atoms with E-state index in [0.717, 1.165) is 0 Å². The average molecular weight is 208 g/mol. The number of ether oxygens (including phenoxy) is 2. The SMILES string of the molecule is O=C(O)COCC(O)COCC(=O)O. The Morgan fingerprint density at radius 1 is 1.00 bits per heavy atom. The second-order valence-corrected chi connectivity index (χ2v) is 2.47. The maximum absolute atomic E-state index is 9.97. The summed E-state index contributed by atoms with van der Waals surface area (Å²) in [6.07, 6.45) is -1.02. The van der Waals surface area contributed by atoms with Crippen LogP contribution in [0.1, 0.15) is 0 Å². The molecular weight excluding hydrogens is 196 g/mol. The van der Waals surface area contributed by atoms with Gasteiger partial charge in [0, 0.05) is 0 Å². The van der Waals surface area contributed by atoms with Crippen molar-refractivity contribution in [3.05, 3.63) is 0 Å². The first-order chi connectivity index (χ1) is 6.52. The van der Waals surface area contributed by atoms with E-state index in [1.54, 1.807) is 0 Å².